The summed E-state index contributed by atoms with van der Waals surface area (Å²) in [6.07, 6.45) is 6.44. The third-order valence-electron chi connectivity index (χ3n) is 5.82. The van der Waals surface area contributed by atoms with E-state index in [9.17, 15) is 8.60 Å². The monoisotopic (exact) mass is 393 g/mol. The number of guanidine groups is 1. The number of aliphatic imine (C=N–C) groups is 1. The Morgan fingerprint density at radius 2 is 2.00 bits per heavy atom. The molecule has 0 aliphatic heterocycles. The van der Waals surface area contributed by atoms with E-state index in [1.807, 2.05) is 19.1 Å². The van der Waals surface area contributed by atoms with Crippen LogP contribution in [0.5, 0.6) is 0 Å². The lowest BCUT2D eigenvalue weighted by molar-refractivity contribution is 0.413. The van der Waals surface area contributed by atoms with Gasteiger partial charge in [0.1, 0.15) is 5.82 Å². The maximum Gasteiger partial charge on any atom is 0.191 e. The van der Waals surface area contributed by atoms with Gasteiger partial charge in [-0.3, -0.25) is 9.20 Å². The molecule has 1 aromatic rings. The van der Waals surface area contributed by atoms with Gasteiger partial charge in [0.2, 0.25) is 0 Å². The first-order valence-corrected chi connectivity index (χ1v) is 11.6. The minimum Gasteiger partial charge on any atom is -0.357 e. The van der Waals surface area contributed by atoms with E-state index in [1.54, 1.807) is 12.1 Å². The Kier molecular flexibility index (Phi) is 6.90. The van der Waals surface area contributed by atoms with Crippen molar-refractivity contribution in [3.63, 3.8) is 0 Å². The maximum absolute atomic E-state index is 13.2. The summed E-state index contributed by atoms with van der Waals surface area (Å²) >= 11 is 0. The highest BCUT2D eigenvalue weighted by atomic mass is 32.2. The normalized spacial score (nSPS) is 25.7. The molecule has 0 heterocycles. The van der Waals surface area contributed by atoms with Gasteiger partial charge in [-0.05, 0) is 56.7 Å². The van der Waals surface area contributed by atoms with Crippen molar-refractivity contribution >= 4 is 16.8 Å². The molecule has 27 heavy (non-hydrogen) atoms. The smallest absolute Gasteiger partial charge is 0.191 e. The van der Waals surface area contributed by atoms with E-state index < -0.39 is 10.8 Å². The van der Waals surface area contributed by atoms with Gasteiger partial charge >= 0.3 is 0 Å². The molecule has 4 nitrogen and oxygen atoms in total. The quantitative estimate of drug-likeness (QED) is 0.551. The lowest BCUT2D eigenvalue weighted by atomic mass is 9.95. The SMILES string of the molecule is CCNC(=NCC1(c2ccc(F)cc2)CC1)NC1CCCC(S(=O)CC)C1. The van der Waals surface area contributed by atoms with E-state index in [1.165, 1.54) is 5.56 Å². The zero-order chi connectivity index (χ0) is 19.3. The second kappa shape index (κ2) is 9.18. The number of rotatable bonds is 7. The van der Waals surface area contributed by atoms with Gasteiger partial charge in [-0.2, -0.15) is 0 Å². The number of hydrogen-bond donors (Lipinski definition) is 2. The van der Waals surface area contributed by atoms with Crippen molar-refractivity contribution in [2.45, 2.75) is 69.1 Å². The highest BCUT2D eigenvalue weighted by Gasteiger charge is 2.44. The van der Waals surface area contributed by atoms with Crippen LogP contribution in [0.3, 0.4) is 0 Å². The van der Waals surface area contributed by atoms with Gasteiger partial charge in [0.25, 0.3) is 0 Å². The molecular formula is C21H32FN3OS. The minimum absolute atomic E-state index is 0.0643. The summed E-state index contributed by atoms with van der Waals surface area (Å²) in [7, 11) is -0.718. The van der Waals surface area contributed by atoms with Crippen LogP contribution in [-0.4, -0.2) is 40.3 Å². The zero-order valence-electron chi connectivity index (χ0n) is 16.5. The molecule has 2 aliphatic carbocycles. The fraction of sp³-hybridized carbons (Fsp3) is 0.667. The predicted octanol–water partition coefficient (Wildman–Crippen LogP) is 3.49. The maximum atomic E-state index is 13.2. The van der Waals surface area contributed by atoms with Gasteiger partial charge < -0.3 is 10.6 Å². The van der Waals surface area contributed by atoms with Gasteiger partial charge in [0.05, 0.1) is 6.54 Å². The molecule has 2 aliphatic rings. The average molecular weight is 394 g/mol. The van der Waals surface area contributed by atoms with Gasteiger partial charge in [-0.25, -0.2) is 4.39 Å². The van der Waals surface area contributed by atoms with Crippen LogP contribution in [-0.2, 0) is 16.2 Å². The Bertz CT molecular complexity index is 673. The van der Waals surface area contributed by atoms with E-state index in [-0.39, 0.29) is 11.2 Å². The molecular weight excluding hydrogens is 361 g/mol. The summed E-state index contributed by atoms with van der Waals surface area (Å²) in [4.78, 5) is 4.86. The highest BCUT2D eigenvalue weighted by molar-refractivity contribution is 7.85. The predicted molar refractivity (Wildman–Crippen MR) is 111 cm³/mol. The molecule has 3 unspecified atom stereocenters. The summed E-state index contributed by atoms with van der Waals surface area (Å²) in [6.45, 7) is 5.60. The molecule has 2 N–H and O–H groups in total. The first-order chi connectivity index (χ1) is 13.1. The van der Waals surface area contributed by atoms with Crippen molar-refractivity contribution in [3.8, 4) is 0 Å². The van der Waals surface area contributed by atoms with Crippen LogP contribution in [0.4, 0.5) is 4.39 Å². The molecule has 0 spiro atoms. The van der Waals surface area contributed by atoms with Gasteiger partial charge in [-0.15, -0.1) is 0 Å². The summed E-state index contributed by atoms with van der Waals surface area (Å²) in [5.41, 5.74) is 1.24. The van der Waals surface area contributed by atoms with E-state index in [2.05, 4.69) is 17.6 Å². The molecule has 2 fully saturated rings. The van der Waals surface area contributed by atoms with Crippen LogP contribution in [0.1, 0.15) is 57.9 Å². The Hall–Kier alpha value is -1.43. The molecule has 3 atom stereocenters. The summed E-state index contributed by atoms with van der Waals surface area (Å²) in [5.74, 6) is 1.40. The second-order valence-corrected chi connectivity index (χ2v) is 9.79. The van der Waals surface area contributed by atoms with E-state index in [0.29, 0.717) is 17.8 Å². The first-order valence-electron chi connectivity index (χ1n) is 10.2. The van der Waals surface area contributed by atoms with Crippen molar-refractivity contribution in [1.29, 1.82) is 0 Å². The van der Waals surface area contributed by atoms with E-state index in [0.717, 1.165) is 56.8 Å². The lowest BCUT2D eigenvalue weighted by Gasteiger charge is -2.30. The average Bonchev–Trinajstić information content (AvgIpc) is 3.47. The number of halogens is 1. The lowest BCUT2D eigenvalue weighted by Crippen LogP contribution is -2.47. The van der Waals surface area contributed by atoms with Crippen LogP contribution in [0, 0.1) is 5.82 Å². The summed E-state index contributed by atoms with van der Waals surface area (Å²) < 4.78 is 25.4. The van der Waals surface area contributed by atoms with Crippen molar-refractivity contribution < 1.29 is 8.60 Å². The largest absolute Gasteiger partial charge is 0.357 e. The van der Waals surface area contributed by atoms with Crippen LogP contribution in [0.2, 0.25) is 0 Å². The van der Waals surface area contributed by atoms with Gasteiger partial charge in [0.15, 0.2) is 5.96 Å². The first kappa shape index (κ1) is 20.3. The van der Waals surface area contributed by atoms with Crippen LogP contribution < -0.4 is 10.6 Å². The number of nitrogens with one attached hydrogen (secondary N) is 2. The van der Waals surface area contributed by atoms with E-state index >= 15 is 0 Å². The number of hydrogen-bond acceptors (Lipinski definition) is 2. The third-order valence-corrected chi connectivity index (χ3v) is 7.56. The number of nitrogens with zero attached hydrogens (tertiary/aromatic N) is 1. The highest BCUT2D eigenvalue weighted by Crippen LogP contribution is 2.48. The summed E-state index contributed by atoms with van der Waals surface area (Å²) in [5, 5.41) is 7.23. The molecule has 0 amide bonds. The minimum atomic E-state index is -0.718. The van der Waals surface area contributed by atoms with Crippen LogP contribution in [0.25, 0.3) is 0 Å². The van der Waals surface area contributed by atoms with Crippen LogP contribution in [0.15, 0.2) is 29.3 Å². The van der Waals surface area contributed by atoms with Gasteiger partial charge in [0, 0.05) is 39.8 Å². The van der Waals surface area contributed by atoms with Crippen LogP contribution >= 0.6 is 0 Å². The second-order valence-electron chi connectivity index (χ2n) is 7.78. The number of benzene rings is 1. The molecule has 0 radical (unpaired) electrons. The van der Waals surface area contributed by atoms with Crippen molar-refractivity contribution in [2.75, 3.05) is 18.8 Å². The Morgan fingerprint density at radius 1 is 1.26 bits per heavy atom. The Balaban J connectivity index is 1.63. The fourth-order valence-corrected chi connectivity index (χ4v) is 5.33. The molecule has 2 saturated carbocycles. The van der Waals surface area contributed by atoms with Crippen molar-refractivity contribution in [1.82, 2.24) is 10.6 Å². The molecule has 150 valence electrons. The molecule has 0 aromatic heterocycles. The molecule has 0 saturated heterocycles. The summed E-state index contributed by atoms with van der Waals surface area (Å²) in [6, 6.07) is 7.20. The Morgan fingerprint density at radius 3 is 2.63 bits per heavy atom. The van der Waals surface area contributed by atoms with Gasteiger partial charge in [-0.1, -0.05) is 25.5 Å². The topological polar surface area (TPSA) is 53.5 Å². The molecule has 6 heteroatoms. The standard InChI is InChI=1S/C21H32FN3OS/c1-3-23-20(25-18-6-5-7-19(14-18)27(26)4-2)24-15-21(12-13-21)16-8-10-17(22)11-9-16/h8-11,18-19H,3-7,12-15H2,1-2H3,(H2,23,24,25). The molecule has 1 aromatic carbocycles. The zero-order valence-corrected chi connectivity index (χ0v) is 17.3. The fourth-order valence-electron chi connectivity index (χ4n) is 3.99. The molecule has 3 rings (SSSR count). The molecule has 0 bridgehead atoms. The Labute approximate surface area is 164 Å². The van der Waals surface area contributed by atoms with E-state index in [4.69, 9.17) is 4.99 Å². The van der Waals surface area contributed by atoms with Crippen molar-refractivity contribution in [3.05, 3.63) is 35.6 Å². The third kappa shape index (κ3) is 5.31. The van der Waals surface area contributed by atoms with Crippen molar-refractivity contribution in [2.24, 2.45) is 4.99 Å².